The Morgan fingerprint density at radius 3 is 2.07 bits per heavy atom. The van der Waals surface area contributed by atoms with Gasteiger partial charge in [0.2, 0.25) is 0 Å². The van der Waals surface area contributed by atoms with Gasteiger partial charge < -0.3 is 0 Å². The van der Waals surface area contributed by atoms with E-state index in [4.69, 9.17) is 0 Å². The van der Waals surface area contributed by atoms with Crippen LogP contribution in [0.1, 0.15) is 48.5 Å². The molecule has 1 aliphatic heterocycles. The SMILES string of the molecule is CC1(C)C#CC(C)(C)C(C(C)(C)C)SC1. The minimum absolute atomic E-state index is 0.122. The average molecular weight is 224 g/mol. The fraction of sp³-hybridized carbons (Fsp3) is 0.857. The van der Waals surface area contributed by atoms with E-state index in [-0.39, 0.29) is 10.8 Å². The van der Waals surface area contributed by atoms with Crippen LogP contribution < -0.4 is 0 Å². The molecule has 0 saturated carbocycles. The van der Waals surface area contributed by atoms with Crippen molar-refractivity contribution in [2.75, 3.05) is 5.75 Å². The molecule has 0 aromatic carbocycles. The number of rotatable bonds is 0. The summed E-state index contributed by atoms with van der Waals surface area (Å²) in [5, 5.41) is 0.610. The summed E-state index contributed by atoms with van der Waals surface area (Å²) in [6.07, 6.45) is 0. The van der Waals surface area contributed by atoms with Crippen LogP contribution >= 0.6 is 11.8 Å². The van der Waals surface area contributed by atoms with Crippen LogP contribution in [0.4, 0.5) is 0 Å². The summed E-state index contributed by atoms with van der Waals surface area (Å²) >= 11 is 2.08. The standard InChI is InChI=1S/C14H24S/c1-12(2,3)11-14(6,7)9-8-13(4,5)10-15-11/h11H,10H2,1-7H3. The highest BCUT2D eigenvalue weighted by Gasteiger charge is 2.40. The van der Waals surface area contributed by atoms with Gasteiger partial charge >= 0.3 is 0 Å². The zero-order valence-electron chi connectivity index (χ0n) is 11.2. The molecule has 1 rings (SSSR count). The quantitative estimate of drug-likeness (QED) is 0.556. The van der Waals surface area contributed by atoms with Crippen molar-refractivity contribution in [3.05, 3.63) is 0 Å². The highest BCUT2D eigenvalue weighted by Crippen LogP contribution is 2.45. The van der Waals surface area contributed by atoms with Crippen LogP contribution in [-0.4, -0.2) is 11.0 Å². The first kappa shape index (κ1) is 13.0. The fourth-order valence-electron chi connectivity index (χ4n) is 2.26. The van der Waals surface area contributed by atoms with Crippen molar-refractivity contribution in [3.63, 3.8) is 0 Å². The Kier molecular flexibility index (Phi) is 3.23. The van der Waals surface area contributed by atoms with Gasteiger partial charge in [0, 0.05) is 21.8 Å². The smallest absolute Gasteiger partial charge is 0.0382 e. The molecule has 1 heteroatoms. The highest BCUT2D eigenvalue weighted by molar-refractivity contribution is 8.00. The second kappa shape index (κ2) is 3.74. The first-order valence-corrected chi connectivity index (χ1v) is 6.75. The van der Waals surface area contributed by atoms with Crippen LogP contribution in [0.2, 0.25) is 0 Å². The molecule has 0 amide bonds. The average Bonchev–Trinajstić information content (AvgIpc) is 2.07. The molecule has 0 aromatic rings. The van der Waals surface area contributed by atoms with Crippen molar-refractivity contribution in [2.45, 2.75) is 53.7 Å². The summed E-state index contributed by atoms with van der Waals surface area (Å²) < 4.78 is 0. The Bertz CT molecular complexity index is 294. The number of hydrogen-bond donors (Lipinski definition) is 0. The molecule has 0 radical (unpaired) electrons. The van der Waals surface area contributed by atoms with Gasteiger partial charge in [-0.25, -0.2) is 0 Å². The van der Waals surface area contributed by atoms with Gasteiger partial charge in [-0.1, -0.05) is 32.6 Å². The number of thioether (sulfide) groups is 1. The monoisotopic (exact) mass is 224 g/mol. The minimum atomic E-state index is 0.122. The molecule has 0 aliphatic carbocycles. The normalized spacial score (nSPS) is 28.9. The van der Waals surface area contributed by atoms with E-state index >= 15 is 0 Å². The van der Waals surface area contributed by atoms with Crippen molar-refractivity contribution in [1.82, 2.24) is 0 Å². The maximum absolute atomic E-state index is 3.50. The van der Waals surface area contributed by atoms with Crippen LogP contribution in [0, 0.1) is 28.1 Å². The molecular weight excluding hydrogens is 200 g/mol. The van der Waals surface area contributed by atoms with Gasteiger partial charge in [-0.2, -0.15) is 11.8 Å². The largest absolute Gasteiger partial charge is 0.155 e. The maximum Gasteiger partial charge on any atom is 0.0382 e. The lowest BCUT2D eigenvalue weighted by atomic mass is 9.75. The third-order valence-corrected chi connectivity index (χ3v) is 5.29. The topological polar surface area (TPSA) is 0 Å². The predicted molar refractivity (Wildman–Crippen MR) is 71.0 cm³/mol. The van der Waals surface area contributed by atoms with Crippen molar-refractivity contribution < 1.29 is 0 Å². The van der Waals surface area contributed by atoms with E-state index in [0.717, 1.165) is 5.75 Å². The van der Waals surface area contributed by atoms with E-state index in [0.29, 0.717) is 10.7 Å². The second-order valence-corrected chi connectivity index (χ2v) is 8.01. The summed E-state index contributed by atoms with van der Waals surface area (Å²) in [5.74, 6) is 8.08. The van der Waals surface area contributed by atoms with E-state index in [1.165, 1.54) is 0 Å². The summed E-state index contributed by atoms with van der Waals surface area (Å²) in [6, 6.07) is 0. The highest BCUT2D eigenvalue weighted by atomic mass is 32.2. The Labute approximate surface area is 99.6 Å². The molecule has 0 spiro atoms. The Morgan fingerprint density at radius 2 is 1.60 bits per heavy atom. The Hall–Kier alpha value is -0.0900. The van der Waals surface area contributed by atoms with E-state index in [1.807, 2.05) is 0 Å². The third-order valence-electron chi connectivity index (χ3n) is 2.78. The van der Waals surface area contributed by atoms with E-state index < -0.39 is 0 Å². The predicted octanol–water partition coefficient (Wildman–Crippen LogP) is 4.20. The van der Waals surface area contributed by atoms with Crippen LogP contribution in [0.15, 0.2) is 0 Å². The third kappa shape index (κ3) is 3.18. The van der Waals surface area contributed by atoms with Gasteiger partial charge in [0.05, 0.1) is 0 Å². The fourth-order valence-corrected chi connectivity index (χ4v) is 3.90. The molecule has 1 heterocycles. The molecule has 1 unspecified atom stereocenters. The van der Waals surface area contributed by atoms with E-state index in [2.05, 4.69) is 72.1 Å². The lowest BCUT2D eigenvalue weighted by Crippen LogP contribution is -2.36. The van der Waals surface area contributed by atoms with Crippen molar-refractivity contribution in [3.8, 4) is 11.8 Å². The molecular formula is C14H24S. The van der Waals surface area contributed by atoms with E-state index in [1.54, 1.807) is 0 Å². The lowest BCUT2D eigenvalue weighted by Gasteiger charge is -2.39. The zero-order valence-corrected chi connectivity index (χ0v) is 12.0. The summed E-state index contributed by atoms with van der Waals surface area (Å²) in [7, 11) is 0. The minimum Gasteiger partial charge on any atom is -0.155 e. The molecule has 0 N–H and O–H groups in total. The Morgan fingerprint density at radius 1 is 1.07 bits per heavy atom. The summed E-state index contributed by atoms with van der Waals surface area (Å²) in [4.78, 5) is 0. The van der Waals surface area contributed by atoms with Gasteiger partial charge in [-0.15, -0.1) is 0 Å². The maximum atomic E-state index is 3.50. The van der Waals surface area contributed by atoms with Gasteiger partial charge in [0.15, 0.2) is 0 Å². The molecule has 15 heavy (non-hydrogen) atoms. The zero-order chi connectivity index (χ0) is 11.9. The molecule has 1 atom stereocenters. The molecule has 86 valence electrons. The Balaban J connectivity index is 3.03. The van der Waals surface area contributed by atoms with Crippen LogP contribution in [0.25, 0.3) is 0 Å². The van der Waals surface area contributed by atoms with Gasteiger partial charge in [-0.3, -0.25) is 0 Å². The summed E-state index contributed by atoms with van der Waals surface area (Å²) in [5.41, 5.74) is 0.613. The molecule has 0 fully saturated rings. The van der Waals surface area contributed by atoms with Crippen LogP contribution in [0.5, 0.6) is 0 Å². The second-order valence-electron chi connectivity index (χ2n) is 6.91. The molecule has 0 nitrogen and oxygen atoms in total. The van der Waals surface area contributed by atoms with Crippen LogP contribution in [0.3, 0.4) is 0 Å². The van der Waals surface area contributed by atoms with Crippen molar-refractivity contribution >= 4 is 11.8 Å². The molecule has 0 bridgehead atoms. The van der Waals surface area contributed by atoms with Gasteiger partial charge in [0.25, 0.3) is 0 Å². The first-order chi connectivity index (χ1) is 6.55. The lowest BCUT2D eigenvalue weighted by molar-refractivity contribution is 0.287. The van der Waals surface area contributed by atoms with Crippen molar-refractivity contribution in [1.29, 1.82) is 0 Å². The van der Waals surface area contributed by atoms with Gasteiger partial charge in [-0.05, 0) is 33.1 Å². The van der Waals surface area contributed by atoms with Crippen LogP contribution in [-0.2, 0) is 0 Å². The molecule has 0 saturated heterocycles. The molecule has 1 aliphatic rings. The van der Waals surface area contributed by atoms with Gasteiger partial charge in [0.1, 0.15) is 0 Å². The number of hydrogen-bond acceptors (Lipinski definition) is 1. The van der Waals surface area contributed by atoms with Crippen molar-refractivity contribution in [2.24, 2.45) is 16.2 Å². The first-order valence-electron chi connectivity index (χ1n) is 5.71. The van der Waals surface area contributed by atoms with E-state index in [9.17, 15) is 0 Å². The summed E-state index contributed by atoms with van der Waals surface area (Å²) in [6.45, 7) is 16.0. The molecule has 0 aromatic heterocycles.